The number of hydroxylamine groups is 1. The Labute approximate surface area is 366 Å². The quantitative estimate of drug-likeness (QED) is 0.0328. The molecule has 3 heterocycles. The van der Waals surface area contributed by atoms with Crippen LogP contribution >= 0.6 is 0 Å². The van der Waals surface area contributed by atoms with Crippen molar-refractivity contribution in [2.75, 3.05) is 38.2 Å². The fourth-order valence-electron chi connectivity index (χ4n) is 8.83. The van der Waals surface area contributed by atoms with Crippen LogP contribution in [-0.2, 0) is 33.6 Å². The SMILES string of the molecule is NCCCCCC(=O)NCC(=O)NCC(=O)NC1(C(=O)NCC(=O)NCONC(=O)[C@H]2C3CCC(CC3)[C@@H]2Nc2nc(-c3c[nH]c4ncc(F)cc34)ncc2F)CC1c1ccccc1. The minimum Gasteiger partial charge on any atom is -0.364 e. The van der Waals surface area contributed by atoms with Gasteiger partial charge in [-0.1, -0.05) is 36.8 Å². The number of unbranched alkanes of at least 4 members (excludes halogenated alkanes) is 2. The lowest BCUT2D eigenvalue weighted by atomic mass is 9.61. The molecule has 2 unspecified atom stereocenters. The normalized spacial score (nSPS) is 22.0. The fraction of sp³-hybridized carbons (Fsp3) is 0.465. The highest BCUT2D eigenvalue weighted by Gasteiger charge is 2.61. The molecule has 1 aromatic carbocycles. The minimum absolute atomic E-state index is 0.0245. The third-order valence-electron chi connectivity index (χ3n) is 12.2. The van der Waals surface area contributed by atoms with Gasteiger partial charge >= 0.3 is 0 Å². The van der Waals surface area contributed by atoms with Crippen LogP contribution in [0.2, 0.25) is 0 Å². The third kappa shape index (κ3) is 10.9. The molecule has 64 heavy (non-hydrogen) atoms. The third-order valence-corrected chi connectivity index (χ3v) is 12.2. The van der Waals surface area contributed by atoms with E-state index in [1.165, 1.54) is 6.07 Å². The van der Waals surface area contributed by atoms with Gasteiger partial charge in [0.25, 0.3) is 0 Å². The van der Waals surface area contributed by atoms with Crippen molar-refractivity contribution < 1.29 is 42.4 Å². The molecule has 4 aliphatic carbocycles. The maximum absolute atomic E-state index is 15.2. The molecule has 8 rings (SSSR count). The molecule has 19 nitrogen and oxygen atoms in total. The molecule has 0 spiro atoms. The van der Waals surface area contributed by atoms with Gasteiger partial charge in [-0.2, -0.15) is 0 Å². The lowest BCUT2D eigenvalue weighted by Gasteiger charge is -2.48. The molecule has 3 aromatic heterocycles. The van der Waals surface area contributed by atoms with Crippen molar-refractivity contribution in [2.24, 2.45) is 23.5 Å². The summed E-state index contributed by atoms with van der Waals surface area (Å²) in [5.41, 5.74) is 8.12. The Balaban J connectivity index is 0.881. The van der Waals surface area contributed by atoms with Gasteiger partial charge in [-0.25, -0.2) is 29.2 Å². The molecule has 340 valence electrons. The number of benzene rings is 1. The van der Waals surface area contributed by atoms with Gasteiger partial charge in [-0.3, -0.25) is 33.6 Å². The van der Waals surface area contributed by atoms with Crippen LogP contribution < -0.4 is 43.1 Å². The van der Waals surface area contributed by atoms with Crippen LogP contribution in [0.1, 0.15) is 69.3 Å². The standard InChI is InChI=1S/C43H52F2N12O7/c44-27-15-28-29(18-50-38(28)49-17-27)39-51-19-31(45)40(55-39)54-37-26-12-10-25(11-13-26)36(37)41(62)57-64-23-53-34(60)21-52-42(63)43(16-30(43)24-7-3-1-4-8-24)56-35(61)22-48-33(59)20-47-32(58)9-5-2-6-14-46/h1,3-4,7-8,15,17-19,25-26,30,36-37H,2,5-6,9-14,16,20-23,46H2,(H,47,58)(H,48,59)(H,49,50)(H,52,63)(H,53,60)(H,56,61)(H,57,62)(H,51,54,55)/t25?,26?,30?,36-,37-,43?/m0/s1. The number of amides is 6. The lowest BCUT2D eigenvalue weighted by Crippen LogP contribution is -2.55. The summed E-state index contributed by atoms with van der Waals surface area (Å²) in [4.78, 5) is 98.2. The number of aromatic amines is 1. The number of halogens is 2. The number of hydrogen-bond donors (Lipinski definition) is 9. The zero-order valence-corrected chi connectivity index (χ0v) is 35.0. The first-order chi connectivity index (χ1) is 30.9. The van der Waals surface area contributed by atoms with Crippen molar-refractivity contribution in [3.8, 4) is 11.4 Å². The number of anilines is 1. The molecule has 2 bridgehead atoms. The van der Waals surface area contributed by atoms with Gasteiger partial charge in [0.1, 0.15) is 23.7 Å². The largest absolute Gasteiger partial charge is 0.364 e. The number of carbonyl (C=O) groups excluding carboxylic acids is 6. The highest BCUT2D eigenvalue weighted by Crippen LogP contribution is 2.51. The second-order valence-electron chi connectivity index (χ2n) is 16.4. The van der Waals surface area contributed by atoms with Crippen molar-refractivity contribution in [1.29, 1.82) is 0 Å². The summed E-state index contributed by atoms with van der Waals surface area (Å²) in [6.45, 7) is -1.14. The van der Waals surface area contributed by atoms with Gasteiger partial charge in [0.2, 0.25) is 35.4 Å². The summed E-state index contributed by atoms with van der Waals surface area (Å²) in [6.07, 6.45) is 9.65. The Morgan fingerprint density at radius 3 is 2.33 bits per heavy atom. The van der Waals surface area contributed by atoms with E-state index >= 15 is 4.39 Å². The first kappa shape index (κ1) is 45.4. The number of nitrogens with two attached hydrogens (primary N) is 1. The molecular formula is C43H52F2N12O7. The van der Waals surface area contributed by atoms with Gasteiger partial charge in [0, 0.05) is 35.5 Å². The van der Waals surface area contributed by atoms with E-state index in [4.69, 9.17) is 10.6 Å². The molecule has 4 aliphatic rings. The Morgan fingerprint density at radius 1 is 0.828 bits per heavy atom. The summed E-state index contributed by atoms with van der Waals surface area (Å²) in [5, 5.41) is 16.3. The highest BCUT2D eigenvalue weighted by molar-refractivity contribution is 5.99. The smallest absolute Gasteiger partial charge is 0.249 e. The summed E-state index contributed by atoms with van der Waals surface area (Å²) in [6, 6.07) is 9.84. The van der Waals surface area contributed by atoms with Crippen LogP contribution in [0.15, 0.2) is 55.0 Å². The van der Waals surface area contributed by atoms with E-state index in [0.717, 1.165) is 56.5 Å². The Bertz CT molecular complexity index is 2340. The first-order valence-electron chi connectivity index (χ1n) is 21.4. The maximum atomic E-state index is 15.2. The van der Waals surface area contributed by atoms with Crippen molar-refractivity contribution in [1.82, 2.24) is 52.0 Å². The highest BCUT2D eigenvalue weighted by atomic mass is 19.1. The minimum atomic E-state index is -1.39. The number of nitrogens with zero attached hydrogens (tertiary/aromatic N) is 3. The number of nitrogens with one attached hydrogen (secondary N) is 8. The second-order valence-corrected chi connectivity index (χ2v) is 16.4. The van der Waals surface area contributed by atoms with E-state index in [0.29, 0.717) is 29.6 Å². The van der Waals surface area contributed by atoms with Gasteiger partial charge < -0.3 is 42.6 Å². The molecule has 0 saturated heterocycles. The van der Waals surface area contributed by atoms with Gasteiger partial charge in [-0.05, 0) is 75.0 Å². The van der Waals surface area contributed by atoms with Crippen molar-refractivity contribution >= 4 is 52.3 Å². The Morgan fingerprint density at radius 2 is 1.55 bits per heavy atom. The monoisotopic (exact) mass is 886 g/mol. The second kappa shape index (κ2) is 20.7. The van der Waals surface area contributed by atoms with Crippen LogP contribution in [0.25, 0.3) is 22.4 Å². The predicted molar refractivity (Wildman–Crippen MR) is 227 cm³/mol. The summed E-state index contributed by atoms with van der Waals surface area (Å²) < 4.78 is 29.2. The van der Waals surface area contributed by atoms with Crippen LogP contribution in [0.3, 0.4) is 0 Å². The van der Waals surface area contributed by atoms with Gasteiger partial charge in [0.15, 0.2) is 17.5 Å². The fourth-order valence-corrected chi connectivity index (χ4v) is 8.83. The molecule has 4 saturated carbocycles. The number of hydrogen-bond acceptors (Lipinski definition) is 12. The van der Waals surface area contributed by atoms with E-state index in [9.17, 15) is 33.2 Å². The summed E-state index contributed by atoms with van der Waals surface area (Å²) in [7, 11) is 0. The van der Waals surface area contributed by atoms with E-state index < -0.39 is 84.4 Å². The Kier molecular flexibility index (Phi) is 14.7. The molecule has 6 amide bonds. The van der Waals surface area contributed by atoms with Crippen molar-refractivity contribution in [2.45, 2.75) is 75.3 Å². The summed E-state index contributed by atoms with van der Waals surface area (Å²) in [5.74, 6) is -5.49. The average Bonchev–Trinajstić information content (AvgIpc) is 3.89. The molecule has 10 N–H and O–H groups in total. The predicted octanol–water partition coefficient (Wildman–Crippen LogP) is 1.55. The number of rotatable bonds is 21. The van der Waals surface area contributed by atoms with Gasteiger partial charge in [0.05, 0.1) is 37.9 Å². The maximum Gasteiger partial charge on any atom is 0.249 e. The van der Waals surface area contributed by atoms with Crippen LogP contribution in [0, 0.1) is 29.4 Å². The van der Waals surface area contributed by atoms with E-state index in [2.05, 4.69) is 57.3 Å². The van der Waals surface area contributed by atoms with Crippen LogP contribution in [0.5, 0.6) is 0 Å². The molecule has 4 fully saturated rings. The van der Waals surface area contributed by atoms with E-state index in [1.807, 2.05) is 18.2 Å². The topological polar surface area (TPSA) is 276 Å². The zero-order chi connectivity index (χ0) is 45.2. The van der Waals surface area contributed by atoms with Gasteiger partial charge in [-0.15, -0.1) is 0 Å². The Hall–Kier alpha value is -6.61. The van der Waals surface area contributed by atoms with Crippen LogP contribution in [0.4, 0.5) is 14.6 Å². The average molecular weight is 887 g/mol. The number of fused-ring (bicyclic) bond motifs is 4. The molecular weight excluding hydrogens is 835 g/mol. The lowest BCUT2D eigenvalue weighted by molar-refractivity contribution is -0.146. The number of aromatic nitrogens is 4. The van der Waals surface area contributed by atoms with Crippen LogP contribution in [-0.4, -0.2) is 99.9 Å². The van der Waals surface area contributed by atoms with E-state index in [1.54, 1.807) is 18.3 Å². The first-order valence-corrected chi connectivity index (χ1v) is 21.4. The zero-order valence-electron chi connectivity index (χ0n) is 35.0. The van der Waals surface area contributed by atoms with E-state index in [-0.39, 0.29) is 48.8 Å². The molecule has 0 aliphatic heterocycles. The summed E-state index contributed by atoms with van der Waals surface area (Å²) >= 11 is 0. The number of carbonyl (C=O) groups is 6. The molecule has 21 heteroatoms. The molecule has 4 atom stereocenters. The van der Waals surface area contributed by atoms with Crippen molar-refractivity contribution in [3.63, 3.8) is 0 Å². The number of H-pyrrole nitrogens is 1. The molecule has 4 aromatic rings. The number of pyridine rings is 1. The molecule has 0 radical (unpaired) electrons. The van der Waals surface area contributed by atoms with Crippen molar-refractivity contribution in [3.05, 3.63) is 72.2 Å².